The van der Waals surface area contributed by atoms with E-state index in [1.807, 2.05) is 20.8 Å². The van der Waals surface area contributed by atoms with Gasteiger partial charge in [-0.3, -0.25) is 4.79 Å². The molecule has 0 saturated carbocycles. The second kappa shape index (κ2) is 6.28. The maximum Gasteiger partial charge on any atom is 0.316 e. The first-order chi connectivity index (χ1) is 6.10. The first-order valence-electron chi connectivity index (χ1n) is 4.29. The molecule has 3 N–H and O–H groups in total. The van der Waals surface area contributed by atoms with E-state index in [0.29, 0.717) is 6.42 Å². The minimum absolute atomic E-state index is 0.0812. The van der Waals surface area contributed by atoms with Crippen molar-refractivity contribution < 1.29 is 9.59 Å². The minimum atomic E-state index is -0.351. The van der Waals surface area contributed by atoms with Crippen molar-refractivity contribution in [1.82, 2.24) is 16.0 Å². The van der Waals surface area contributed by atoms with Gasteiger partial charge in [0, 0.05) is 6.04 Å². The maximum absolute atomic E-state index is 11.1. The Morgan fingerprint density at radius 1 is 1.38 bits per heavy atom. The lowest BCUT2D eigenvalue weighted by molar-refractivity contribution is 0.233. The summed E-state index contributed by atoms with van der Waals surface area (Å²) in [7, 11) is 0. The number of rotatable bonds is 5. The predicted molar refractivity (Wildman–Crippen MR) is 49.7 cm³/mol. The number of urea groups is 1. The first-order valence-corrected chi connectivity index (χ1v) is 4.29. The molecule has 1 atom stereocenters. The van der Waals surface area contributed by atoms with Crippen LogP contribution in [0, 0.1) is 0 Å². The van der Waals surface area contributed by atoms with E-state index in [0.717, 1.165) is 0 Å². The van der Waals surface area contributed by atoms with Gasteiger partial charge >= 0.3 is 12.4 Å². The Morgan fingerprint density at radius 2 is 2.00 bits per heavy atom. The largest absolute Gasteiger partial charge is 0.336 e. The van der Waals surface area contributed by atoms with Crippen LogP contribution in [-0.2, 0) is 4.79 Å². The van der Waals surface area contributed by atoms with E-state index < -0.39 is 0 Å². The third kappa shape index (κ3) is 5.95. The Balaban J connectivity index is 3.79. The van der Waals surface area contributed by atoms with Crippen molar-refractivity contribution >= 4 is 12.4 Å². The van der Waals surface area contributed by atoms with E-state index in [2.05, 4.69) is 16.0 Å². The fraction of sp³-hybridized carbons (Fsp3) is 0.750. The van der Waals surface area contributed by atoms with Crippen LogP contribution in [0.5, 0.6) is 0 Å². The fourth-order valence-electron chi connectivity index (χ4n) is 0.773. The summed E-state index contributed by atoms with van der Waals surface area (Å²) in [6.45, 7) is 5.57. The van der Waals surface area contributed by atoms with E-state index in [9.17, 15) is 9.59 Å². The van der Waals surface area contributed by atoms with Gasteiger partial charge in [0.15, 0.2) is 0 Å². The summed E-state index contributed by atoms with van der Waals surface area (Å²) in [4.78, 5) is 21.1. The summed E-state index contributed by atoms with van der Waals surface area (Å²) < 4.78 is 0. The third-order valence-corrected chi connectivity index (χ3v) is 1.37. The molecule has 1 unspecified atom stereocenters. The lowest BCUT2D eigenvalue weighted by atomic mass is 10.3. The van der Waals surface area contributed by atoms with Crippen molar-refractivity contribution in [3.63, 3.8) is 0 Å². The quantitative estimate of drug-likeness (QED) is 0.420. The molecule has 0 heterocycles. The molecule has 1 radical (unpaired) electrons. The number of hydrogen-bond acceptors (Lipinski definition) is 2. The van der Waals surface area contributed by atoms with Crippen LogP contribution < -0.4 is 16.0 Å². The fourth-order valence-corrected chi connectivity index (χ4v) is 0.773. The van der Waals surface area contributed by atoms with E-state index in [-0.39, 0.29) is 18.2 Å². The highest BCUT2D eigenvalue weighted by atomic mass is 16.2. The summed E-state index contributed by atoms with van der Waals surface area (Å²) >= 11 is 0. The van der Waals surface area contributed by atoms with Crippen LogP contribution in [0.4, 0.5) is 4.79 Å². The lowest BCUT2D eigenvalue weighted by Crippen LogP contribution is -2.50. The molecular weight excluding hydrogens is 170 g/mol. The van der Waals surface area contributed by atoms with Gasteiger partial charge in [-0.25, -0.2) is 4.79 Å². The zero-order chi connectivity index (χ0) is 10.3. The van der Waals surface area contributed by atoms with Crippen LogP contribution in [0.25, 0.3) is 0 Å². The van der Waals surface area contributed by atoms with Gasteiger partial charge < -0.3 is 16.0 Å². The van der Waals surface area contributed by atoms with Gasteiger partial charge in [-0.05, 0) is 20.3 Å². The molecular formula is C8H16N3O2. The second-order valence-electron chi connectivity index (χ2n) is 2.98. The van der Waals surface area contributed by atoms with E-state index in [1.54, 1.807) is 0 Å². The van der Waals surface area contributed by atoms with Crippen molar-refractivity contribution in [3.05, 3.63) is 0 Å². The Kier molecular flexibility index (Phi) is 5.67. The molecule has 0 aromatic heterocycles. The van der Waals surface area contributed by atoms with E-state index >= 15 is 0 Å². The summed E-state index contributed by atoms with van der Waals surface area (Å²) in [6.07, 6.45) is 1.81. The highest BCUT2D eigenvalue weighted by Crippen LogP contribution is 1.84. The van der Waals surface area contributed by atoms with Gasteiger partial charge in [0.1, 0.15) is 6.17 Å². The van der Waals surface area contributed by atoms with Gasteiger partial charge in [-0.1, -0.05) is 6.92 Å². The van der Waals surface area contributed by atoms with Crippen LogP contribution in [-0.4, -0.2) is 24.6 Å². The van der Waals surface area contributed by atoms with Gasteiger partial charge in [0.25, 0.3) is 0 Å². The summed E-state index contributed by atoms with van der Waals surface area (Å²) in [5.74, 6) is 0. The molecule has 0 fully saturated rings. The SMILES string of the molecule is CCC(N[C]=O)NC(=O)NC(C)C. The van der Waals surface area contributed by atoms with Crippen molar-refractivity contribution in [1.29, 1.82) is 0 Å². The molecule has 5 nitrogen and oxygen atoms in total. The van der Waals surface area contributed by atoms with Crippen molar-refractivity contribution in [3.8, 4) is 0 Å². The van der Waals surface area contributed by atoms with Crippen molar-refractivity contribution in [2.24, 2.45) is 0 Å². The van der Waals surface area contributed by atoms with Crippen LogP contribution in [0.3, 0.4) is 0 Å². The van der Waals surface area contributed by atoms with Crippen molar-refractivity contribution in [2.45, 2.75) is 39.4 Å². The van der Waals surface area contributed by atoms with Gasteiger partial charge in [0.2, 0.25) is 0 Å². The molecule has 0 aromatic rings. The molecule has 3 amide bonds. The van der Waals surface area contributed by atoms with Crippen LogP contribution >= 0.6 is 0 Å². The monoisotopic (exact) mass is 186 g/mol. The number of carbonyl (C=O) groups is 1. The lowest BCUT2D eigenvalue weighted by Gasteiger charge is -2.17. The van der Waals surface area contributed by atoms with Crippen LogP contribution in [0.1, 0.15) is 27.2 Å². The number of nitrogens with one attached hydrogen (secondary N) is 3. The summed E-state index contributed by atoms with van der Waals surface area (Å²) in [5, 5.41) is 7.58. The Morgan fingerprint density at radius 3 is 2.38 bits per heavy atom. The highest BCUT2D eigenvalue weighted by Gasteiger charge is 2.08. The van der Waals surface area contributed by atoms with Gasteiger partial charge in [-0.15, -0.1) is 0 Å². The molecule has 0 bridgehead atoms. The molecule has 75 valence electrons. The molecule has 0 aliphatic heterocycles. The molecule has 0 spiro atoms. The normalized spacial score (nSPS) is 12.0. The second-order valence-corrected chi connectivity index (χ2v) is 2.98. The topological polar surface area (TPSA) is 70.2 Å². The number of carbonyl (C=O) groups excluding carboxylic acids is 2. The smallest absolute Gasteiger partial charge is 0.316 e. The Bertz CT molecular complexity index is 171. The van der Waals surface area contributed by atoms with Gasteiger partial charge in [-0.2, -0.15) is 0 Å². The Hall–Kier alpha value is -1.26. The Labute approximate surface area is 78.3 Å². The predicted octanol–water partition coefficient (Wildman–Crippen LogP) is 0.0869. The highest BCUT2D eigenvalue weighted by molar-refractivity contribution is 5.74. The van der Waals surface area contributed by atoms with Crippen molar-refractivity contribution in [2.75, 3.05) is 0 Å². The molecule has 0 aromatic carbocycles. The standard InChI is InChI=1S/C8H16N3O2/c1-4-7(9-5-12)11-8(13)10-6(2)3/h6-7H,4H2,1-3H3,(H,9,12)(H2,10,11,13). The molecule has 0 aliphatic rings. The number of amides is 3. The minimum Gasteiger partial charge on any atom is -0.336 e. The zero-order valence-corrected chi connectivity index (χ0v) is 8.18. The van der Waals surface area contributed by atoms with Crippen LogP contribution in [0.2, 0.25) is 0 Å². The van der Waals surface area contributed by atoms with E-state index in [1.165, 1.54) is 6.41 Å². The average molecular weight is 186 g/mol. The van der Waals surface area contributed by atoms with Crippen LogP contribution in [0.15, 0.2) is 0 Å². The first kappa shape index (κ1) is 11.7. The summed E-state index contributed by atoms with van der Waals surface area (Å²) in [6, 6.07) is -0.206. The molecule has 0 saturated heterocycles. The third-order valence-electron chi connectivity index (χ3n) is 1.37. The molecule has 13 heavy (non-hydrogen) atoms. The number of hydrogen-bond donors (Lipinski definition) is 3. The summed E-state index contributed by atoms with van der Waals surface area (Å²) in [5.41, 5.74) is 0. The zero-order valence-electron chi connectivity index (χ0n) is 8.18. The molecule has 0 aliphatic carbocycles. The molecule has 0 rings (SSSR count). The van der Waals surface area contributed by atoms with E-state index in [4.69, 9.17) is 0 Å². The van der Waals surface area contributed by atoms with Gasteiger partial charge in [0.05, 0.1) is 0 Å². The average Bonchev–Trinajstić information content (AvgIpc) is 2.02. The maximum atomic E-state index is 11.1. The molecule has 5 heteroatoms.